The summed E-state index contributed by atoms with van der Waals surface area (Å²) >= 11 is 0. The van der Waals surface area contributed by atoms with Crippen molar-refractivity contribution in [2.24, 2.45) is 5.73 Å². The number of ketones is 1. The highest BCUT2D eigenvalue weighted by Crippen LogP contribution is 2.16. The van der Waals surface area contributed by atoms with Crippen LogP contribution >= 0.6 is 0 Å². The van der Waals surface area contributed by atoms with Crippen LogP contribution in [0, 0.1) is 10.1 Å². The first-order valence-corrected chi connectivity index (χ1v) is 6.28. The lowest BCUT2D eigenvalue weighted by atomic mass is 10.1. The van der Waals surface area contributed by atoms with E-state index in [2.05, 4.69) is 0 Å². The zero-order valence-corrected chi connectivity index (χ0v) is 10.7. The van der Waals surface area contributed by atoms with Gasteiger partial charge in [0.1, 0.15) is 10.7 Å². The maximum absolute atomic E-state index is 11.5. The van der Waals surface area contributed by atoms with E-state index in [1.54, 1.807) is 0 Å². The molecule has 0 amide bonds. The molecule has 0 aromatic carbocycles. The van der Waals surface area contributed by atoms with Gasteiger partial charge in [-0.1, -0.05) is 12.8 Å². The van der Waals surface area contributed by atoms with Crippen molar-refractivity contribution in [3.05, 3.63) is 34.1 Å². The molecule has 0 aliphatic carbocycles. The summed E-state index contributed by atoms with van der Waals surface area (Å²) < 4.78 is 4.90. The van der Waals surface area contributed by atoms with Crippen LogP contribution in [0.1, 0.15) is 37.9 Å². The third-order valence-corrected chi connectivity index (χ3v) is 2.60. The maximum atomic E-state index is 11.5. The summed E-state index contributed by atoms with van der Waals surface area (Å²) in [4.78, 5) is 21.3. The number of rotatable bonds is 9. The molecule has 1 aromatic heterocycles. The molecule has 0 unspecified atom stereocenters. The second kappa shape index (κ2) is 8.20. The van der Waals surface area contributed by atoms with Gasteiger partial charge in [-0.15, -0.1) is 0 Å². The second-order valence-corrected chi connectivity index (χ2v) is 4.19. The molecule has 0 saturated carbocycles. The van der Waals surface area contributed by atoms with Crippen molar-refractivity contribution in [2.45, 2.75) is 32.1 Å². The van der Waals surface area contributed by atoms with Crippen LogP contribution in [-0.4, -0.2) is 17.3 Å². The first kappa shape index (κ1) is 15.1. The smallest absolute Gasteiger partial charge is 0.401 e. The fraction of sp³-hybridized carbons (Fsp3) is 0.462. The molecule has 6 heteroatoms. The molecule has 0 saturated heterocycles. The van der Waals surface area contributed by atoms with Crippen LogP contribution in [0.5, 0.6) is 0 Å². The van der Waals surface area contributed by atoms with Crippen molar-refractivity contribution in [1.82, 2.24) is 0 Å². The summed E-state index contributed by atoms with van der Waals surface area (Å²) in [5.74, 6) is -0.0242. The van der Waals surface area contributed by atoms with Crippen LogP contribution in [0.4, 0.5) is 5.88 Å². The van der Waals surface area contributed by atoms with Gasteiger partial charge in [0, 0.05) is 6.42 Å². The Balaban J connectivity index is 2.30. The van der Waals surface area contributed by atoms with Crippen molar-refractivity contribution >= 4 is 17.7 Å². The number of hydrogen-bond acceptors (Lipinski definition) is 5. The minimum Gasteiger partial charge on any atom is -0.401 e. The van der Waals surface area contributed by atoms with E-state index in [-0.39, 0.29) is 11.7 Å². The summed E-state index contributed by atoms with van der Waals surface area (Å²) in [6.07, 6.45) is 7.17. The van der Waals surface area contributed by atoms with E-state index in [0.29, 0.717) is 18.7 Å². The van der Waals surface area contributed by atoms with Crippen molar-refractivity contribution < 1.29 is 14.1 Å². The number of nitro groups is 1. The average Bonchev–Trinajstić information content (AvgIpc) is 2.85. The average molecular weight is 266 g/mol. The number of nitrogens with zero attached hydrogens (tertiary/aromatic N) is 1. The molecule has 0 atom stereocenters. The topological polar surface area (TPSA) is 99.4 Å². The van der Waals surface area contributed by atoms with E-state index in [1.807, 2.05) is 0 Å². The van der Waals surface area contributed by atoms with E-state index in [0.717, 1.165) is 25.7 Å². The maximum Gasteiger partial charge on any atom is 0.433 e. The molecule has 0 spiro atoms. The van der Waals surface area contributed by atoms with Gasteiger partial charge < -0.3 is 10.2 Å². The minimum absolute atomic E-state index is 0.00759. The van der Waals surface area contributed by atoms with E-state index >= 15 is 0 Å². The number of allylic oxidation sites excluding steroid dienone is 1. The van der Waals surface area contributed by atoms with Crippen LogP contribution in [-0.2, 0) is 4.79 Å². The fourth-order valence-corrected chi connectivity index (χ4v) is 1.59. The first-order chi connectivity index (χ1) is 9.13. The number of carbonyl (C=O) groups excluding carboxylic acids is 1. The zero-order chi connectivity index (χ0) is 14.1. The van der Waals surface area contributed by atoms with E-state index in [1.165, 1.54) is 24.3 Å². The zero-order valence-electron chi connectivity index (χ0n) is 10.7. The van der Waals surface area contributed by atoms with Gasteiger partial charge in [0.05, 0.1) is 6.07 Å². The highest BCUT2D eigenvalue weighted by Gasteiger charge is 2.09. The molecular weight excluding hydrogens is 248 g/mol. The molecule has 0 aliphatic rings. The summed E-state index contributed by atoms with van der Waals surface area (Å²) in [7, 11) is 0. The van der Waals surface area contributed by atoms with E-state index < -0.39 is 4.92 Å². The minimum atomic E-state index is -0.614. The highest BCUT2D eigenvalue weighted by molar-refractivity contribution is 5.93. The lowest BCUT2D eigenvalue weighted by Gasteiger charge is -1.97. The fourth-order valence-electron chi connectivity index (χ4n) is 1.59. The van der Waals surface area contributed by atoms with Crippen molar-refractivity contribution in [3.63, 3.8) is 0 Å². The van der Waals surface area contributed by atoms with Gasteiger partial charge in [-0.05, 0) is 37.6 Å². The SMILES string of the molecule is NCCCCCCC(=O)/C=C/c1ccc([N+](=O)[O-])o1. The Bertz CT molecular complexity index is 451. The summed E-state index contributed by atoms with van der Waals surface area (Å²) in [6.45, 7) is 0.686. The summed E-state index contributed by atoms with van der Waals surface area (Å²) in [5, 5.41) is 10.4. The van der Waals surface area contributed by atoms with Gasteiger partial charge in [0.15, 0.2) is 5.78 Å². The Morgan fingerprint density at radius 2 is 2.05 bits per heavy atom. The summed E-state index contributed by atoms with van der Waals surface area (Å²) in [5.41, 5.74) is 5.37. The third-order valence-electron chi connectivity index (χ3n) is 2.60. The molecule has 104 valence electrons. The van der Waals surface area contributed by atoms with E-state index in [9.17, 15) is 14.9 Å². The number of nitrogens with two attached hydrogens (primary N) is 1. The number of furan rings is 1. The van der Waals surface area contributed by atoms with Gasteiger partial charge in [-0.2, -0.15) is 0 Å². The molecular formula is C13H18N2O4. The first-order valence-electron chi connectivity index (χ1n) is 6.28. The van der Waals surface area contributed by atoms with Gasteiger partial charge in [-0.3, -0.25) is 14.9 Å². The number of unbranched alkanes of at least 4 members (excludes halogenated alkanes) is 3. The molecule has 0 radical (unpaired) electrons. The van der Waals surface area contributed by atoms with Gasteiger partial charge in [-0.25, -0.2) is 0 Å². The Morgan fingerprint density at radius 1 is 1.32 bits per heavy atom. The van der Waals surface area contributed by atoms with Crippen molar-refractivity contribution in [1.29, 1.82) is 0 Å². The lowest BCUT2D eigenvalue weighted by Crippen LogP contribution is -1.98. The highest BCUT2D eigenvalue weighted by atomic mass is 16.6. The van der Waals surface area contributed by atoms with Gasteiger partial charge in [0.25, 0.3) is 0 Å². The van der Waals surface area contributed by atoms with Gasteiger partial charge >= 0.3 is 5.88 Å². The number of hydrogen-bond donors (Lipinski definition) is 1. The predicted molar refractivity (Wildman–Crippen MR) is 71.5 cm³/mol. The summed E-state index contributed by atoms with van der Waals surface area (Å²) in [6, 6.07) is 2.72. The van der Waals surface area contributed by atoms with Crippen LogP contribution in [0.2, 0.25) is 0 Å². The Kier molecular flexibility index (Phi) is 6.52. The quantitative estimate of drug-likeness (QED) is 0.320. The molecule has 2 N–H and O–H groups in total. The molecule has 1 aromatic rings. The Morgan fingerprint density at radius 3 is 2.68 bits per heavy atom. The molecule has 0 bridgehead atoms. The lowest BCUT2D eigenvalue weighted by molar-refractivity contribution is -0.402. The van der Waals surface area contributed by atoms with Crippen molar-refractivity contribution in [2.75, 3.05) is 6.54 Å². The Labute approximate surface area is 111 Å². The molecule has 1 rings (SSSR count). The molecule has 0 aliphatic heterocycles. The largest absolute Gasteiger partial charge is 0.433 e. The normalized spacial score (nSPS) is 11.0. The molecule has 6 nitrogen and oxygen atoms in total. The standard InChI is InChI=1S/C13H18N2O4/c14-10-4-2-1-3-5-11(16)6-7-12-8-9-13(19-12)15(17)18/h6-9H,1-5,10,14H2/b7-6+. The third kappa shape index (κ3) is 5.96. The second-order valence-electron chi connectivity index (χ2n) is 4.19. The number of carbonyl (C=O) groups is 1. The predicted octanol–water partition coefficient (Wildman–Crippen LogP) is 2.68. The van der Waals surface area contributed by atoms with Crippen LogP contribution in [0.25, 0.3) is 6.08 Å². The van der Waals surface area contributed by atoms with Gasteiger partial charge in [0.2, 0.25) is 0 Å². The monoisotopic (exact) mass is 266 g/mol. The molecule has 1 heterocycles. The van der Waals surface area contributed by atoms with Crippen molar-refractivity contribution in [3.8, 4) is 0 Å². The molecule has 19 heavy (non-hydrogen) atoms. The van der Waals surface area contributed by atoms with Crippen LogP contribution in [0.15, 0.2) is 22.6 Å². The van der Waals surface area contributed by atoms with Crippen LogP contribution in [0.3, 0.4) is 0 Å². The van der Waals surface area contributed by atoms with E-state index in [4.69, 9.17) is 10.2 Å². The molecule has 0 fully saturated rings. The van der Waals surface area contributed by atoms with Crippen LogP contribution < -0.4 is 5.73 Å². The Hall–Kier alpha value is -1.95.